The third-order valence-electron chi connectivity index (χ3n) is 5.40. The van der Waals surface area contributed by atoms with Crippen LogP contribution in [0.2, 0.25) is 5.15 Å². The number of fused-ring (bicyclic) bond motifs is 1. The van der Waals surface area contributed by atoms with Gasteiger partial charge in [0.05, 0.1) is 18.9 Å². The second kappa shape index (κ2) is 9.04. The number of aromatic nitrogens is 3. The van der Waals surface area contributed by atoms with Crippen molar-refractivity contribution < 1.29 is 9.53 Å². The third kappa shape index (κ3) is 4.59. The average Bonchev–Trinajstić information content (AvgIpc) is 3.25. The molecule has 0 atom stereocenters. The summed E-state index contributed by atoms with van der Waals surface area (Å²) in [5, 5.41) is 8.77. The molecule has 8 heteroatoms. The van der Waals surface area contributed by atoms with E-state index in [1.165, 1.54) is 6.08 Å². The van der Waals surface area contributed by atoms with E-state index in [4.69, 9.17) is 16.3 Å². The lowest BCUT2D eigenvalue weighted by Gasteiger charge is -2.26. The molecular formula is C22H26ClN5O2. The van der Waals surface area contributed by atoms with Gasteiger partial charge < -0.3 is 14.6 Å². The van der Waals surface area contributed by atoms with Gasteiger partial charge in [-0.1, -0.05) is 11.6 Å². The largest absolute Gasteiger partial charge is 0.379 e. The van der Waals surface area contributed by atoms with Crippen molar-refractivity contribution in [2.75, 3.05) is 38.2 Å². The zero-order valence-electron chi connectivity index (χ0n) is 17.3. The number of ether oxygens (including phenoxy) is 1. The van der Waals surface area contributed by atoms with Crippen molar-refractivity contribution in [3.63, 3.8) is 0 Å². The summed E-state index contributed by atoms with van der Waals surface area (Å²) < 4.78 is 9.25. The number of hydrogen-bond acceptors (Lipinski definition) is 4. The fourth-order valence-electron chi connectivity index (χ4n) is 3.73. The Labute approximate surface area is 180 Å². The maximum absolute atomic E-state index is 12.3. The van der Waals surface area contributed by atoms with Crippen molar-refractivity contribution in [1.29, 1.82) is 0 Å². The van der Waals surface area contributed by atoms with Crippen molar-refractivity contribution in [3.05, 3.63) is 52.9 Å². The van der Waals surface area contributed by atoms with Crippen LogP contribution in [-0.2, 0) is 23.1 Å². The monoisotopic (exact) mass is 427 g/mol. The molecule has 3 aromatic rings. The Morgan fingerprint density at radius 1 is 1.27 bits per heavy atom. The van der Waals surface area contributed by atoms with Crippen molar-refractivity contribution >= 4 is 40.2 Å². The molecule has 2 aromatic heterocycles. The van der Waals surface area contributed by atoms with Gasteiger partial charge in [0.25, 0.3) is 0 Å². The lowest BCUT2D eigenvalue weighted by atomic mass is 10.2. The number of carbonyl (C=O) groups is 1. The number of halogens is 1. The Bertz CT molecular complexity index is 1080. The molecule has 0 saturated carbocycles. The molecule has 0 bridgehead atoms. The van der Waals surface area contributed by atoms with E-state index in [1.54, 1.807) is 17.8 Å². The van der Waals surface area contributed by atoms with E-state index in [0.29, 0.717) is 5.15 Å². The van der Waals surface area contributed by atoms with Gasteiger partial charge in [-0.3, -0.25) is 14.4 Å². The molecule has 30 heavy (non-hydrogen) atoms. The summed E-state index contributed by atoms with van der Waals surface area (Å²) in [7, 11) is 1.77. The molecular weight excluding hydrogens is 402 g/mol. The van der Waals surface area contributed by atoms with Crippen LogP contribution in [0, 0.1) is 6.92 Å². The molecule has 0 spiro atoms. The number of rotatable bonds is 6. The lowest BCUT2D eigenvalue weighted by molar-refractivity contribution is -0.111. The molecule has 1 fully saturated rings. The van der Waals surface area contributed by atoms with Crippen molar-refractivity contribution in [1.82, 2.24) is 19.2 Å². The Morgan fingerprint density at radius 3 is 2.80 bits per heavy atom. The molecule has 3 heterocycles. The van der Waals surface area contributed by atoms with E-state index in [9.17, 15) is 4.79 Å². The molecule has 1 N–H and O–H groups in total. The Kier molecular flexibility index (Phi) is 6.22. The highest BCUT2D eigenvalue weighted by molar-refractivity contribution is 6.31. The molecule has 0 radical (unpaired) electrons. The predicted molar refractivity (Wildman–Crippen MR) is 120 cm³/mol. The molecule has 1 amide bonds. The topological polar surface area (TPSA) is 64.3 Å². The highest BCUT2D eigenvalue weighted by Gasteiger charge is 2.11. The molecule has 4 rings (SSSR count). The van der Waals surface area contributed by atoms with E-state index in [2.05, 4.69) is 38.2 Å². The maximum Gasteiger partial charge on any atom is 0.248 e. The molecule has 7 nitrogen and oxygen atoms in total. The molecule has 1 aliphatic heterocycles. The smallest absolute Gasteiger partial charge is 0.248 e. The summed E-state index contributed by atoms with van der Waals surface area (Å²) in [6.45, 7) is 7.42. The number of amides is 1. The van der Waals surface area contributed by atoms with Crippen molar-refractivity contribution in [3.8, 4) is 0 Å². The first-order valence-corrected chi connectivity index (χ1v) is 10.5. The summed E-state index contributed by atoms with van der Waals surface area (Å²) >= 11 is 6.21. The first-order chi connectivity index (χ1) is 14.5. The first-order valence-electron chi connectivity index (χ1n) is 10.1. The van der Waals surface area contributed by atoms with Crippen LogP contribution in [0.15, 0.2) is 36.5 Å². The number of nitrogens with zero attached hydrogens (tertiary/aromatic N) is 4. The summed E-state index contributed by atoms with van der Waals surface area (Å²) in [4.78, 5) is 14.8. The Balaban J connectivity index is 1.40. The second-order valence-electron chi connectivity index (χ2n) is 7.47. The molecule has 1 aromatic carbocycles. The summed E-state index contributed by atoms with van der Waals surface area (Å²) in [6, 6.07) is 8.06. The number of morpholine rings is 1. The summed E-state index contributed by atoms with van der Waals surface area (Å²) in [5.74, 6) is -0.208. The number of anilines is 1. The fourth-order valence-corrected chi connectivity index (χ4v) is 3.96. The Morgan fingerprint density at radius 2 is 2.07 bits per heavy atom. The number of benzene rings is 1. The minimum Gasteiger partial charge on any atom is -0.379 e. The normalized spacial score (nSPS) is 15.3. The maximum atomic E-state index is 12.3. The number of aryl methyl sites for hydroxylation is 2. The zero-order valence-corrected chi connectivity index (χ0v) is 18.0. The highest BCUT2D eigenvalue weighted by atomic mass is 35.5. The van der Waals surface area contributed by atoms with Crippen LogP contribution < -0.4 is 5.32 Å². The van der Waals surface area contributed by atoms with Gasteiger partial charge in [-0.2, -0.15) is 5.10 Å². The average molecular weight is 428 g/mol. The van der Waals surface area contributed by atoms with Crippen LogP contribution in [0.4, 0.5) is 5.69 Å². The summed E-state index contributed by atoms with van der Waals surface area (Å²) in [5.41, 5.74) is 3.46. The van der Waals surface area contributed by atoms with Crippen LogP contribution in [0.3, 0.4) is 0 Å². The molecule has 158 valence electrons. The van der Waals surface area contributed by atoms with E-state index in [-0.39, 0.29) is 5.91 Å². The second-order valence-corrected chi connectivity index (χ2v) is 7.83. The summed E-state index contributed by atoms with van der Waals surface area (Å²) in [6.07, 6.45) is 5.28. The minimum atomic E-state index is -0.208. The van der Waals surface area contributed by atoms with Gasteiger partial charge in [0.15, 0.2) is 0 Å². The number of carbonyl (C=O) groups excluding carboxylic acids is 1. The van der Waals surface area contributed by atoms with Crippen LogP contribution in [-0.4, -0.2) is 58.0 Å². The quantitative estimate of drug-likeness (QED) is 0.613. The minimum absolute atomic E-state index is 0.208. The van der Waals surface area contributed by atoms with E-state index < -0.39 is 0 Å². The van der Waals surface area contributed by atoms with Crippen molar-refractivity contribution in [2.45, 2.75) is 13.5 Å². The van der Waals surface area contributed by atoms with Crippen LogP contribution in [0.5, 0.6) is 0 Å². The van der Waals surface area contributed by atoms with Gasteiger partial charge in [0, 0.05) is 67.7 Å². The van der Waals surface area contributed by atoms with E-state index >= 15 is 0 Å². The standard InChI is InChI=1S/C22H26ClN5O2/c1-16-19(22(23)26(2)25-16)4-6-21(29)24-18-3-5-20-17(15-18)7-8-28(20)10-9-27-11-13-30-14-12-27/h3-8,15H,9-14H2,1-2H3,(H,24,29)/b6-4+. The van der Waals surface area contributed by atoms with Gasteiger partial charge in [-0.15, -0.1) is 0 Å². The number of nitrogens with one attached hydrogen (secondary N) is 1. The molecule has 0 unspecified atom stereocenters. The fraction of sp³-hybridized carbons (Fsp3) is 0.364. The molecule has 1 saturated heterocycles. The highest BCUT2D eigenvalue weighted by Crippen LogP contribution is 2.22. The van der Waals surface area contributed by atoms with E-state index in [0.717, 1.165) is 67.2 Å². The van der Waals surface area contributed by atoms with Gasteiger partial charge in [-0.05, 0) is 37.3 Å². The predicted octanol–water partition coefficient (Wildman–Crippen LogP) is 3.32. The lowest BCUT2D eigenvalue weighted by Crippen LogP contribution is -2.38. The third-order valence-corrected chi connectivity index (χ3v) is 5.85. The van der Waals surface area contributed by atoms with Gasteiger partial charge in [-0.25, -0.2) is 0 Å². The first kappa shape index (κ1) is 20.7. The SMILES string of the molecule is Cc1nn(C)c(Cl)c1/C=C/C(=O)Nc1ccc2c(ccn2CCN2CCOCC2)c1. The van der Waals surface area contributed by atoms with E-state index in [1.807, 2.05) is 19.1 Å². The van der Waals surface area contributed by atoms with Gasteiger partial charge in [0.1, 0.15) is 5.15 Å². The van der Waals surface area contributed by atoms with Crippen molar-refractivity contribution in [2.24, 2.45) is 7.05 Å². The number of hydrogen-bond donors (Lipinski definition) is 1. The van der Waals surface area contributed by atoms with Gasteiger partial charge >= 0.3 is 0 Å². The van der Waals surface area contributed by atoms with Crippen LogP contribution >= 0.6 is 11.6 Å². The zero-order chi connectivity index (χ0) is 21.1. The van der Waals surface area contributed by atoms with Gasteiger partial charge in [0.2, 0.25) is 5.91 Å². The van der Waals surface area contributed by atoms with Crippen LogP contribution in [0.25, 0.3) is 17.0 Å². The Hall–Kier alpha value is -2.61. The molecule has 0 aliphatic carbocycles. The molecule has 1 aliphatic rings. The van der Waals surface area contributed by atoms with Crippen LogP contribution in [0.1, 0.15) is 11.3 Å².